The molecule has 0 bridgehead atoms. The zero-order valence-corrected chi connectivity index (χ0v) is 37.8. The van der Waals surface area contributed by atoms with Crippen molar-refractivity contribution in [2.45, 2.75) is 169 Å². The van der Waals surface area contributed by atoms with Crippen LogP contribution in [0.25, 0.3) is 0 Å². The van der Waals surface area contributed by atoms with E-state index >= 15 is 0 Å². The Balaban J connectivity index is 1.29. The summed E-state index contributed by atoms with van der Waals surface area (Å²) in [6.45, 7) is 15.9. The number of likely N-dealkylation sites (tertiary alicyclic amines) is 1. The monoisotopic (exact) mass is 868 g/mol. The van der Waals surface area contributed by atoms with Crippen LogP contribution >= 0.6 is 0 Å². The Labute approximate surface area is 364 Å². The van der Waals surface area contributed by atoms with E-state index in [4.69, 9.17) is 9.47 Å². The van der Waals surface area contributed by atoms with Gasteiger partial charge in [-0.2, -0.15) is 0 Å². The first-order valence-corrected chi connectivity index (χ1v) is 22.5. The number of carbonyl (C=O) groups is 8. The SMILES string of the molecule is CCCCC(=O)N[C@@H](C)C(=O)N[C@@H](C)C(=O)N1CCC[C@H]1C(=O)N[C@H](C(=O)OC(O)C(=O)[C@@]1(OC(=O)CC)CC[C@H]2[C@@H]3C[C@H](C)C4=CC(=O)C=C[C@]4(C)[C@H]3[C@@H](O)C[C@@]21C)C(C)C. The Morgan fingerprint density at radius 1 is 0.984 bits per heavy atom. The fourth-order valence-corrected chi connectivity index (χ4v) is 11.5. The summed E-state index contributed by atoms with van der Waals surface area (Å²) in [7, 11) is 0. The van der Waals surface area contributed by atoms with Gasteiger partial charge in [0.1, 0.15) is 24.2 Å². The number of carbonyl (C=O) groups excluding carboxylic acids is 8. The molecule has 3 saturated carbocycles. The number of hydrogen-bond donors (Lipinski definition) is 5. The van der Waals surface area contributed by atoms with Gasteiger partial charge in [0.15, 0.2) is 11.4 Å². The molecular weight excluding hydrogens is 801 g/mol. The number of Topliss-reactive ketones (excluding diaryl/α,β-unsaturated/α-hetero) is 1. The zero-order valence-electron chi connectivity index (χ0n) is 37.8. The molecule has 1 unspecified atom stereocenters. The van der Waals surface area contributed by atoms with E-state index in [1.807, 2.05) is 26.8 Å². The number of esters is 2. The van der Waals surface area contributed by atoms with Gasteiger partial charge >= 0.3 is 11.9 Å². The van der Waals surface area contributed by atoms with Gasteiger partial charge < -0.3 is 40.5 Å². The van der Waals surface area contributed by atoms with Crippen molar-refractivity contribution in [1.82, 2.24) is 20.9 Å². The third-order valence-corrected chi connectivity index (χ3v) is 14.7. The lowest BCUT2D eigenvalue weighted by molar-refractivity contribution is -0.215. The van der Waals surface area contributed by atoms with Crippen molar-refractivity contribution in [1.29, 1.82) is 0 Å². The number of nitrogens with one attached hydrogen (secondary N) is 3. The van der Waals surface area contributed by atoms with E-state index in [-0.39, 0.29) is 74.0 Å². The first-order valence-electron chi connectivity index (χ1n) is 22.5. The molecule has 1 saturated heterocycles. The van der Waals surface area contributed by atoms with Crippen molar-refractivity contribution in [3.8, 4) is 0 Å². The average molecular weight is 869 g/mol. The number of unbranched alkanes of at least 4 members (excludes halogenated alkanes) is 1. The molecule has 5 aliphatic rings. The Kier molecular flexibility index (Phi) is 15.0. The lowest BCUT2D eigenvalue weighted by Crippen LogP contribution is -2.64. The highest BCUT2D eigenvalue weighted by Crippen LogP contribution is 2.68. The highest BCUT2D eigenvalue weighted by atomic mass is 16.6. The third-order valence-electron chi connectivity index (χ3n) is 14.7. The van der Waals surface area contributed by atoms with E-state index in [1.165, 1.54) is 24.8 Å². The molecular formula is C46H68N4O12. The van der Waals surface area contributed by atoms with Gasteiger partial charge in [-0.15, -0.1) is 0 Å². The molecule has 344 valence electrons. The molecule has 0 aromatic heterocycles. The van der Waals surface area contributed by atoms with Gasteiger partial charge in [-0.3, -0.25) is 33.6 Å². The third kappa shape index (κ3) is 9.13. The van der Waals surface area contributed by atoms with E-state index < -0.39 is 94.4 Å². The summed E-state index contributed by atoms with van der Waals surface area (Å²) in [6.07, 6.45) is 5.26. The molecule has 0 radical (unpaired) electrons. The maximum absolute atomic E-state index is 14.7. The lowest BCUT2D eigenvalue weighted by Gasteiger charge is -2.61. The first-order chi connectivity index (χ1) is 29.1. The highest BCUT2D eigenvalue weighted by Gasteiger charge is 2.72. The van der Waals surface area contributed by atoms with Crippen molar-refractivity contribution in [2.24, 2.45) is 40.4 Å². The number of ether oxygens (including phenoxy) is 2. The molecule has 16 nitrogen and oxygen atoms in total. The number of fused-ring (bicyclic) bond motifs is 5. The molecule has 5 rings (SSSR count). The summed E-state index contributed by atoms with van der Waals surface area (Å²) >= 11 is 0. The minimum Gasteiger partial charge on any atom is -0.450 e. The lowest BCUT2D eigenvalue weighted by atomic mass is 9.44. The van der Waals surface area contributed by atoms with Crippen molar-refractivity contribution in [2.75, 3.05) is 6.54 Å². The van der Waals surface area contributed by atoms with Crippen LogP contribution in [-0.4, -0.2) is 111 Å². The average Bonchev–Trinajstić information content (AvgIpc) is 3.81. The quantitative estimate of drug-likeness (QED) is 0.111. The molecule has 4 fully saturated rings. The van der Waals surface area contributed by atoms with Gasteiger partial charge in [0.2, 0.25) is 29.4 Å². The Morgan fingerprint density at radius 2 is 1.68 bits per heavy atom. The predicted octanol–water partition coefficient (Wildman–Crippen LogP) is 2.97. The molecule has 0 aromatic rings. The molecule has 0 aromatic carbocycles. The fraction of sp³-hybridized carbons (Fsp3) is 0.739. The van der Waals surface area contributed by atoms with Gasteiger partial charge in [-0.25, -0.2) is 4.79 Å². The van der Waals surface area contributed by atoms with Crippen LogP contribution in [0.1, 0.15) is 127 Å². The van der Waals surface area contributed by atoms with Crippen LogP contribution in [0.3, 0.4) is 0 Å². The number of nitrogens with zero attached hydrogens (tertiary/aromatic N) is 1. The summed E-state index contributed by atoms with van der Waals surface area (Å²) < 4.78 is 11.5. The van der Waals surface area contributed by atoms with E-state index in [0.717, 1.165) is 12.0 Å². The van der Waals surface area contributed by atoms with Gasteiger partial charge in [0, 0.05) is 36.1 Å². The van der Waals surface area contributed by atoms with Crippen molar-refractivity contribution < 1.29 is 58.0 Å². The normalized spacial score (nSPS) is 33.1. The summed E-state index contributed by atoms with van der Waals surface area (Å²) in [6, 6.07) is -4.28. The molecule has 16 heteroatoms. The van der Waals surface area contributed by atoms with Crippen LogP contribution < -0.4 is 16.0 Å². The van der Waals surface area contributed by atoms with Crippen LogP contribution in [0.2, 0.25) is 0 Å². The molecule has 62 heavy (non-hydrogen) atoms. The second kappa shape index (κ2) is 19.1. The van der Waals surface area contributed by atoms with Crippen LogP contribution in [-0.2, 0) is 47.8 Å². The number of amides is 4. The van der Waals surface area contributed by atoms with Crippen molar-refractivity contribution in [3.05, 3.63) is 23.8 Å². The van der Waals surface area contributed by atoms with Gasteiger partial charge in [0.25, 0.3) is 6.29 Å². The van der Waals surface area contributed by atoms with Crippen molar-refractivity contribution in [3.63, 3.8) is 0 Å². The zero-order chi connectivity index (χ0) is 46.1. The molecule has 1 heterocycles. The maximum atomic E-state index is 14.7. The Morgan fingerprint density at radius 3 is 2.32 bits per heavy atom. The predicted molar refractivity (Wildman–Crippen MR) is 225 cm³/mol. The largest absolute Gasteiger partial charge is 0.450 e. The van der Waals surface area contributed by atoms with Crippen LogP contribution in [0, 0.1) is 40.4 Å². The number of hydrogen-bond acceptors (Lipinski definition) is 12. The summed E-state index contributed by atoms with van der Waals surface area (Å²) in [4.78, 5) is 108. The molecule has 1 aliphatic heterocycles. The number of aliphatic hydroxyl groups excluding tert-OH is 2. The Hall–Kier alpha value is -4.44. The van der Waals surface area contributed by atoms with E-state index in [2.05, 4.69) is 16.0 Å². The fourth-order valence-electron chi connectivity index (χ4n) is 11.5. The standard InChI is InChI=1S/C46H68N4O12/c1-10-12-15-34(53)47-26(6)39(56)48-27(7)41(58)50-20-13-14-32(50)40(57)49-37(24(3)4)42(59)61-43(60)38(55)46(62-35(54)11-2)19-17-30-29-21-25(5)31-22-28(51)16-18-44(31,8)36(29)33(52)23-45(30,46)9/h16,18,22,24-27,29-30,32-33,36-37,43,52,60H,10-15,17,19-21,23H2,1-9H3,(H,47,53)(H,48,56)(H,49,57)/t25-,26-,27-,29-,30-,32-,33-,36+,37-,43?,44-,45-,46-/m0/s1. The number of allylic oxidation sites excluding steroid dienone is 4. The van der Waals surface area contributed by atoms with E-state index in [0.29, 0.717) is 25.7 Å². The number of rotatable bonds is 16. The molecule has 0 spiro atoms. The molecule has 5 N–H and O–H groups in total. The summed E-state index contributed by atoms with van der Waals surface area (Å²) in [5.41, 5.74) is -2.78. The second-order valence-electron chi connectivity index (χ2n) is 19.1. The maximum Gasteiger partial charge on any atom is 0.331 e. The van der Waals surface area contributed by atoms with E-state index in [9.17, 15) is 48.6 Å². The van der Waals surface area contributed by atoms with Crippen molar-refractivity contribution >= 4 is 47.1 Å². The smallest absolute Gasteiger partial charge is 0.331 e. The van der Waals surface area contributed by atoms with Crippen LogP contribution in [0.15, 0.2) is 23.8 Å². The topological polar surface area (TPSA) is 235 Å². The van der Waals surface area contributed by atoms with Crippen LogP contribution in [0.5, 0.6) is 0 Å². The summed E-state index contributed by atoms with van der Waals surface area (Å²) in [5.74, 6) is -6.26. The Bertz CT molecular complexity index is 1860. The minimum absolute atomic E-state index is 0.00801. The molecule has 13 atom stereocenters. The van der Waals surface area contributed by atoms with Gasteiger partial charge in [0.05, 0.1) is 6.10 Å². The van der Waals surface area contributed by atoms with Gasteiger partial charge in [-0.1, -0.05) is 66.5 Å². The van der Waals surface area contributed by atoms with E-state index in [1.54, 1.807) is 33.8 Å². The summed E-state index contributed by atoms with van der Waals surface area (Å²) in [5, 5.41) is 31.4. The van der Waals surface area contributed by atoms with Crippen LogP contribution in [0.4, 0.5) is 0 Å². The number of ketones is 2. The molecule has 4 aliphatic carbocycles. The molecule has 4 amide bonds. The first kappa shape index (κ1) is 48.6. The highest BCUT2D eigenvalue weighted by molar-refractivity contribution is 6.01. The van der Waals surface area contributed by atoms with Gasteiger partial charge in [-0.05, 0) is 94.6 Å². The minimum atomic E-state index is -2.40. The second-order valence-corrected chi connectivity index (χ2v) is 19.1. The number of aliphatic hydroxyl groups is 2.